The molecule has 0 aromatic carbocycles. The van der Waals surface area contributed by atoms with Crippen molar-refractivity contribution >= 4 is 6.21 Å². The minimum Gasteiger partial charge on any atom is -0.479 e. The van der Waals surface area contributed by atoms with Gasteiger partial charge in [0.1, 0.15) is 0 Å². The van der Waals surface area contributed by atoms with Crippen LogP contribution >= 0.6 is 0 Å². The fourth-order valence-electron chi connectivity index (χ4n) is 0.661. The first kappa shape index (κ1) is 7.65. The Morgan fingerprint density at radius 1 is 1.64 bits per heavy atom. The lowest BCUT2D eigenvalue weighted by Gasteiger charge is -1.99. The van der Waals surface area contributed by atoms with Crippen LogP contribution in [0.25, 0.3) is 0 Å². The van der Waals surface area contributed by atoms with Gasteiger partial charge in [-0.2, -0.15) is 0 Å². The van der Waals surface area contributed by atoms with Gasteiger partial charge in [-0.05, 0) is 12.1 Å². The Balaban J connectivity index is 3.12. The summed E-state index contributed by atoms with van der Waals surface area (Å²) in [5, 5.41) is 6.82. The molecule has 0 amide bonds. The number of hydrogen-bond acceptors (Lipinski definition) is 3. The van der Waals surface area contributed by atoms with E-state index in [0.717, 1.165) is 6.21 Å². The summed E-state index contributed by atoms with van der Waals surface area (Å²) in [6.07, 6.45) is 1.03. The highest BCUT2D eigenvalue weighted by Gasteiger charge is 2.02. The van der Waals surface area contributed by atoms with Gasteiger partial charge < -0.3 is 10.1 Å². The van der Waals surface area contributed by atoms with Crippen LogP contribution in [0.1, 0.15) is 5.69 Å². The van der Waals surface area contributed by atoms with E-state index in [0.29, 0.717) is 5.69 Å². The van der Waals surface area contributed by atoms with Gasteiger partial charge in [0.25, 0.3) is 5.88 Å². The number of aromatic nitrogens is 1. The Hall–Kier alpha value is -1.45. The molecular formula is C7H7FN2O. The first-order valence-electron chi connectivity index (χ1n) is 2.99. The number of hydrogen-bond donors (Lipinski definition) is 1. The van der Waals surface area contributed by atoms with Crippen molar-refractivity contribution in [3.63, 3.8) is 0 Å². The number of rotatable bonds is 2. The van der Waals surface area contributed by atoms with E-state index >= 15 is 0 Å². The van der Waals surface area contributed by atoms with Crippen molar-refractivity contribution in [1.29, 1.82) is 5.41 Å². The second-order valence-electron chi connectivity index (χ2n) is 1.87. The van der Waals surface area contributed by atoms with Crippen molar-refractivity contribution in [3.8, 4) is 5.88 Å². The van der Waals surface area contributed by atoms with Crippen molar-refractivity contribution in [2.45, 2.75) is 0 Å². The van der Waals surface area contributed by atoms with E-state index in [1.807, 2.05) is 0 Å². The van der Waals surface area contributed by atoms with Crippen LogP contribution in [0.15, 0.2) is 12.1 Å². The quantitative estimate of drug-likeness (QED) is 0.651. The maximum Gasteiger partial charge on any atom is 0.250 e. The van der Waals surface area contributed by atoms with Crippen LogP contribution in [0, 0.1) is 11.2 Å². The summed E-state index contributed by atoms with van der Waals surface area (Å²) < 4.78 is 17.2. The van der Waals surface area contributed by atoms with Crippen LogP contribution in [0.3, 0.4) is 0 Å². The average Bonchev–Trinajstić information content (AvgIpc) is 2.05. The molecule has 58 valence electrons. The number of halogens is 1. The molecule has 0 saturated carbocycles. The minimum absolute atomic E-state index is 0.0778. The number of nitrogens with one attached hydrogen (secondary N) is 1. The van der Waals surface area contributed by atoms with E-state index in [1.54, 1.807) is 0 Å². The molecule has 0 saturated heterocycles. The van der Waals surface area contributed by atoms with Gasteiger partial charge >= 0.3 is 0 Å². The minimum atomic E-state index is -0.516. The molecule has 1 rings (SSSR count). The van der Waals surface area contributed by atoms with Crippen LogP contribution in [-0.4, -0.2) is 18.3 Å². The fourth-order valence-corrected chi connectivity index (χ4v) is 0.661. The maximum absolute atomic E-state index is 12.6. The summed E-state index contributed by atoms with van der Waals surface area (Å²) in [5.74, 6) is -0.593. The van der Waals surface area contributed by atoms with Gasteiger partial charge in [-0.15, -0.1) is 0 Å². The highest BCUT2D eigenvalue weighted by atomic mass is 19.1. The molecule has 11 heavy (non-hydrogen) atoms. The number of nitrogens with zero attached hydrogens (tertiary/aromatic N) is 1. The second-order valence-corrected chi connectivity index (χ2v) is 1.87. The molecule has 1 aromatic heterocycles. The fraction of sp³-hybridized carbons (Fsp3) is 0.143. The molecular weight excluding hydrogens is 147 g/mol. The zero-order valence-corrected chi connectivity index (χ0v) is 5.97. The van der Waals surface area contributed by atoms with Crippen LogP contribution < -0.4 is 4.74 Å². The van der Waals surface area contributed by atoms with Gasteiger partial charge in [0.05, 0.1) is 12.8 Å². The molecule has 0 spiro atoms. The van der Waals surface area contributed by atoms with Gasteiger partial charge in [0.2, 0.25) is 0 Å². The highest BCUT2D eigenvalue weighted by molar-refractivity contribution is 5.74. The molecule has 4 heteroatoms. The first-order chi connectivity index (χ1) is 5.27. The molecule has 0 bridgehead atoms. The van der Waals surface area contributed by atoms with E-state index < -0.39 is 5.82 Å². The standard InChI is InChI=1S/C7H7FN2O/c1-11-7-6(8)3-2-5(4-9)10-7/h2-4,9H,1H3. The van der Waals surface area contributed by atoms with E-state index in [4.69, 9.17) is 5.41 Å². The van der Waals surface area contributed by atoms with Crippen LogP contribution in [-0.2, 0) is 0 Å². The number of pyridine rings is 1. The smallest absolute Gasteiger partial charge is 0.250 e. The molecule has 0 aliphatic rings. The summed E-state index contributed by atoms with van der Waals surface area (Å²) in [7, 11) is 1.33. The van der Waals surface area contributed by atoms with E-state index in [-0.39, 0.29) is 5.88 Å². The predicted molar refractivity (Wildman–Crippen MR) is 38.6 cm³/mol. The molecule has 1 heterocycles. The summed E-state index contributed by atoms with van der Waals surface area (Å²) in [4.78, 5) is 3.67. The molecule has 0 aliphatic heterocycles. The molecule has 3 nitrogen and oxygen atoms in total. The summed E-state index contributed by atoms with van der Waals surface area (Å²) >= 11 is 0. The van der Waals surface area contributed by atoms with Crippen molar-refractivity contribution in [2.24, 2.45) is 0 Å². The zero-order chi connectivity index (χ0) is 8.27. The van der Waals surface area contributed by atoms with Crippen molar-refractivity contribution < 1.29 is 9.13 Å². The SMILES string of the molecule is COc1nc(C=N)ccc1F. The van der Waals surface area contributed by atoms with Gasteiger partial charge in [-0.25, -0.2) is 9.37 Å². The summed E-state index contributed by atoms with van der Waals surface area (Å²) in [6.45, 7) is 0. The molecule has 1 N–H and O–H groups in total. The highest BCUT2D eigenvalue weighted by Crippen LogP contribution is 2.11. The lowest BCUT2D eigenvalue weighted by atomic mass is 10.3. The number of methoxy groups -OCH3 is 1. The van der Waals surface area contributed by atoms with Crippen LogP contribution in [0.4, 0.5) is 4.39 Å². The Labute approximate surface area is 63.3 Å². The van der Waals surface area contributed by atoms with E-state index in [9.17, 15) is 4.39 Å². The summed E-state index contributed by atoms with van der Waals surface area (Å²) in [5.41, 5.74) is 0.378. The lowest BCUT2D eigenvalue weighted by molar-refractivity contribution is 0.369. The Morgan fingerprint density at radius 3 is 2.91 bits per heavy atom. The Morgan fingerprint density at radius 2 is 2.36 bits per heavy atom. The zero-order valence-electron chi connectivity index (χ0n) is 5.97. The monoisotopic (exact) mass is 154 g/mol. The normalized spacial score (nSPS) is 9.27. The largest absolute Gasteiger partial charge is 0.479 e. The predicted octanol–water partition coefficient (Wildman–Crippen LogP) is 1.23. The van der Waals surface area contributed by atoms with Crippen molar-refractivity contribution in [3.05, 3.63) is 23.6 Å². The van der Waals surface area contributed by atoms with Crippen LogP contribution in [0.5, 0.6) is 5.88 Å². The topological polar surface area (TPSA) is 46.0 Å². The molecule has 0 radical (unpaired) electrons. The second kappa shape index (κ2) is 3.09. The maximum atomic E-state index is 12.6. The molecule has 0 atom stereocenters. The van der Waals surface area contributed by atoms with Crippen LogP contribution in [0.2, 0.25) is 0 Å². The number of ether oxygens (including phenoxy) is 1. The molecule has 0 unspecified atom stereocenters. The first-order valence-corrected chi connectivity index (χ1v) is 2.99. The summed E-state index contributed by atoms with van der Waals surface area (Å²) in [6, 6.07) is 2.62. The van der Waals surface area contributed by atoms with E-state index in [1.165, 1.54) is 19.2 Å². The lowest BCUT2D eigenvalue weighted by Crippen LogP contribution is -1.95. The van der Waals surface area contributed by atoms with Gasteiger partial charge in [0.15, 0.2) is 5.82 Å². The third kappa shape index (κ3) is 1.52. The third-order valence-corrected chi connectivity index (χ3v) is 1.18. The van der Waals surface area contributed by atoms with Gasteiger partial charge in [0, 0.05) is 6.21 Å². The Bertz CT molecular complexity index is 275. The molecule has 0 aliphatic carbocycles. The Kier molecular flexibility index (Phi) is 2.15. The molecule has 1 aromatic rings. The van der Waals surface area contributed by atoms with Gasteiger partial charge in [-0.3, -0.25) is 0 Å². The molecule has 0 fully saturated rings. The van der Waals surface area contributed by atoms with Crippen molar-refractivity contribution in [2.75, 3.05) is 7.11 Å². The average molecular weight is 154 g/mol. The van der Waals surface area contributed by atoms with Gasteiger partial charge in [-0.1, -0.05) is 0 Å². The third-order valence-electron chi connectivity index (χ3n) is 1.18. The van der Waals surface area contributed by atoms with Crippen molar-refractivity contribution in [1.82, 2.24) is 4.98 Å². The van der Waals surface area contributed by atoms with E-state index in [2.05, 4.69) is 9.72 Å².